The van der Waals surface area contributed by atoms with E-state index in [9.17, 15) is 19.7 Å². The normalized spacial score (nSPS) is 25.5. The summed E-state index contributed by atoms with van der Waals surface area (Å²) < 4.78 is 57.9. The summed E-state index contributed by atoms with van der Waals surface area (Å²) in [6.07, 6.45) is -0.465. The number of aliphatic hydroxyl groups is 1. The number of nitrogen functional groups attached to an aromatic ring is 1. The summed E-state index contributed by atoms with van der Waals surface area (Å²) >= 11 is 0. The Kier molecular flexibility index (Phi) is 9.27. The van der Waals surface area contributed by atoms with Gasteiger partial charge in [0.25, 0.3) is 0 Å². The number of allylic oxidation sites excluding steroid dienone is 1. The second-order valence-corrected chi connectivity index (χ2v) is 12.8. The Balaban J connectivity index is 1.31. The number of carbonyl (C=O) groups is 1. The predicted molar refractivity (Wildman–Crippen MR) is 158 cm³/mol. The third kappa shape index (κ3) is 6.30. The van der Waals surface area contributed by atoms with Gasteiger partial charge in [-0.15, -0.1) is 0 Å². The highest BCUT2D eigenvalue weighted by Crippen LogP contribution is 2.51. The molecule has 2 aliphatic rings. The van der Waals surface area contributed by atoms with E-state index in [2.05, 4.69) is 21.2 Å². The Morgan fingerprint density at radius 3 is 2.87 bits per heavy atom. The maximum Gasteiger partial charge on any atom is 0.510 e. The van der Waals surface area contributed by atoms with Crippen molar-refractivity contribution < 1.29 is 42.1 Å². The van der Waals surface area contributed by atoms with Gasteiger partial charge in [-0.25, -0.2) is 28.3 Å². The number of nitrogens with zero attached hydrogens (tertiary/aromatic N) is 4. The number of benzene rings is 1. The van der Waals surface area contributed by atoms with Gasteiger partial charge >= 0.3 is 13.9 Å². The molecule has 1 aromatic carbocycles. The molecular weight excluding hydrogens is 610 g/mol. The maximum absolute atomic E-state index is 16.3. The summed E-state index contributed by atoms with van der Waals surface area (Å²) in [6, 6.07) is 12.7. The van der Waals surface area contributed by atoms with Gasteiger partial charge < -0.3 is 25.1 Å². The van der Waals surface area contributed by atoms with E-state index in [-0.39, 0.29) is 18.1 Å². The van der Waals surface area contributed by atoms with Crippen LogP contribution >= 0.6 is 7.75 Å². The molecular formula is C29H34FN6O8P. The number of hydrogen-bond acceptors (Lipinski definition) is 12. The number of carbonyl (C=O) groups excluding carboxylic acids is 1. The first-order valence-electron chi connectivity index (χ1n) is 14.2. The van der Waals surface area contributed by atoms with Crippen molar-refractivity contribution >= 4 is 30.8 Å². The maximum atomic E-state index is 16.3. The van der Waals surface area contributed by atoms with E-state index in [4.69, 9.17) is 29.0 Å². The number of hydrogen-bond donors (Lipinski definition) is 3. The van der Waals surface area contributed by atoms with Gasteiger partial charge in [-0.05, 0) is 62.4 Å². The summed E-state index contributed by atoms with van der Waals surface area (Å²) in [7, 11) is -4.28. The second-order valence-electron chi connectivity index (χ2n) is 11.0. The molecule has 0 saturated carbocycles. The van der Waals surface area contributed by atoms with Crippen LogP contribution < -0.4 is 10.8 Å². The Labute approximate surface area is 258 Å². The third-order valence-electron chi connectivity index (χ3n) is 7.70. The van der Waals surface area contributed by atoms with Gasteiger partial charge in [-0.2, -0.15) is 10.4 Å². The predicted octanol–water partition coefficient (Wildman–Crippen LogP) is 3.80. The van der Waals surface area contributed by atoms with Crippen molar-refractivity contribution in [3.05, 3.63) is 65.6 Å². The molecule has 5 rings (SSSR count). The molecule has 45 heavy (non-hydrogen) atoms. The van der Waals surface area contributed by atoms with Gasteiger partial charge in [-0.1, -0.05) is 30.3 Å². The molecule has 0 amide bonds. The minimum absolute atomic E-state index is 0.0413. The summed E-state index contributed by atoms with van der Waals surface area (Å²) in [6.45, 7) is 2.92. The standard InChI is InChI=1S/C29H34FN6O8P/c1-18(2)43-27(38)40-17-42-45(39,35-13-12-20-9-8-19-6-4-5-7-21(19)20)41-14-23-25(37)28(3,30)29(15-31,44-23)24-11-10-22-26(32)33-16-34-36(22)24/h4-7,9-11,16,18,23,25,37H,8,12-14,17H2,1-3H3,(H,35,39)(H2,32,33,34)/t23-,25-,28-,29+,45?/m1/s1. The zero-order valence-electron chi connectivity index (χ0n) is 24.9. The van der Waals surface area contributed by atoms with Crippen molar-refractivity contribution in [3.8, 4) is 6.07 Å². The van der Waals surface area contributed by atoms with Crippen LogP contribution in [-0.2, 0) is 39.8 Å². The Bertz CT molecular complexity index is 1690. The van der Waals surface area contributed by atoms with Gasteiger partial charge in [0.1, 0.15) is 30.1 Å². The first-order valence-corrected chi connectivity index (χ1v) is 15.7. The lowest BCUT2D eigenvalue weighted by Crippen LogP contribution is -2.48. The van der Waals surface area contributed by atoms with Crippen molar-refractivity contribution in [2.24, 2.45) is 0 Å². The van der Waals surface area contributed by atoms with Gasteiger partial charge in [0.2, 0.25) is 12.4 Å². The van der Waals surface area contributed by atoms with Crippen LogP contribution in [0.2, 0.25) is 0 Å². The zero-order valence-corrected chi connectivity index (χ0v) is 25.8. The molecule has 5 atom stereocenters. The van der Waals surface area contributed by atoms with E-state index in [1.807, 2.05) is 30.3 Å². The average molecular weight is 645 g/mol. The van der Waals surface area contributed by atoms with Gasteiger partial charge in [0.05, 0.1) is 18.4 Å². The minimum atomic E-state index is -4.28. The summed E-state index contributed by atoms with van der Waals surface area (Å²) in [4.78, 5) is 15.7. The number of ether oxygens (including phenoxy) is 3. The number of nitrogens with one attached hydrogen (secondary N) is 1. The molecule has 0 spiro atoms. The lowest BCUT2D eigenvalue weighted by Gasteiger charge is -2.30. The fraction of sp³-hybridized carbons (Fsp3) is 0.448. The fourth-order valence-electron chi connectivity index (χ4n) is 5.40. The number of nitriles is 1. The number of fused-ring (bicyclic) bond motifs is 2. The molecule has 1 aliphatic carbocycles. The van der Waals surface area contributed by atoms with E-state index >= 15 is 4.39 Å². The van der Waals surface area contributed by atoms with Crippen molar-refractivity contribution in [1.29, 1.82) is 5.26 Å². The van der Waals surface area contributed by atoms with Gasteiger partial charge in [0, 0.05) is 6.54 Å². The Morgan fingerprint density at radius 1 is 1.33 bits per heavy atom. The number of nitrogens with two attached hydrogens (primary N) is 1. The summed E-state index contributed by atoms with van der Waals surface area (Å²) in [5.74, 6) is 0.0869. The van der Waals surface area contributed by atoms with Crippen LogP contribution in [0.5, 0.6) is 0 Å². The molecule has 14 nitrogen and oxygen atoms in total. The third-order valence-corrected chi connectivity index (χ3v) is 9.24. The Morgan fingerprint density at radius 2 is 2.11 bits per heavy atom. The number of rotatable bonds is 12. The van der Waals surface area contributed by atoms with E-state index < -0.39 is 56.9 Å². The van der Waals surface area contributed by atoms with Crippen molar-refractivity contribution in [2.45, 2.75) is 63.2 Å². The SMILES string of the molecule is CC(C)OC(=O)OCOP(=O)(NCCC1=CCc2ccccc21)OC[C@H]1O[C@@](C#N)(c2ccc3c(N)ncnn23)[C@](C)(F)[C@@H]1O. The van der Waals surface area contributed by atoms with E-state index in [0.717, 1.165) is 30.8 Å². The van der Waals surface area contributed by atoms with Crippen LogP contribution in [0.15, 0.2) is 48.8 Å². The van der Waals surface area contributed by atoms with Crippen LogP contribution in [0.4, 0.5) is 15.0 Å². The minimum Gasteiger partial charge on any atom is -0.432 e. The molecule has 1 fully saturated rings. The van der Waals surface area contributed by atoms with Gasteiger partial charge in [0.15, 0.2) is 11.5 Å². The monoisotopic (exact) mass is 644 g/mol. The smallest absolute Gasteiger partial charge is 0.432 e. The lowest BCUT2D eigenvalue weighted by atomic mass is 9.82. The molecule has 3 heterocycles. The number of aromatic nitrogens is 3. The van der Waals surface area contributed by atoms with E-state index in [0.29, 0.717) is 11.9 Å². The highest BCUT2D eigenvalue weighted by Gasteiger charge is 2.67. The molecule has 16 heteroatoms. The number of alkyl halides is 1. The largest absolute Gasteiger partial charge is 0.510 e. The highest BCUT2D eigenvalue weighted by atomic mass is 31.2. The first kappa shape index (κ1) is 32.5. The van der Waals surface area contributed by atoms with Crippen molar-refractivity contribution in [2.75, 3.05) is 25.7 Å². The summed E-state index contributed by atoms with van der Waals surface area (Å²) in [5, 5.41) is 28.0. The quantitative estimate of drug-likeness (QED) is 0.147. The topological polar surface area (TPSA) is 193 Å². The van der Waals surface area contributed by atoms with Crippen LogP contribution in [0, 0.1) is 11.3 Å². The number of aliphatic hydroxyl groups excluding tert-OH is 1. The van der Waals surface area contributed by atoms with E-state index in [1.54, 1.807) is 13.8 Å². The van der Waals surface area contributed by atoms with Crippen LogP contribution in [0.25, 0.3) is 11.1 Å². The molecule has 1 unspecified atom stereocenters. The van der Waals surface area contributed by atoms with Crippen LogP contribution in [-0.4, -0.2) is 69.8 Å². The highest BCUT2D eigenvalue weighted by molar-refractivity contribution is 7.51. The fourth-order valence-corrected chi connectivity index (χ4v) is 6.58. The van der Waals surface area contributed by atoms with Crippen molar-refractivity contribution in [1.82, 2.24) is 19.7 Å². The molecule has 0 bridgehead atoms. The van der Waals surface area contributed by atoms with Crippen molar-refractivity contribution in [3.63, 3.8) is 0 Å². The zero-order chi connectivity index (χ0) is 32.4. The molecule has 2 aromatic heterocycles. The average Bonchev–Trinajstić information content (AvgIpc) is 3.67. The molecule has 0 radical (unpaired) electrons. The number of halogens is 1. The number of anilines is 1. The van der Waals surface area contributed by atoms with Gasteiger partial charge in [-0.3, -0.25) is 9.05 Å². The second kappa shape index (κ2) is 12.8. The molecule has 1 aliphatic heterocycles. The Hall–Kier alpha value is -3.90. The first-order chi connectivity index (χ1) is 21.4. The lowest BCUT2D eigenvalue weighted by molar-refractivity contribution is -0.0719. The van der Waals surface area contributed by atoms with Crippen LogP contribution in [0.3, 0.4) is 0 Å². The molecule has 3 aromatic rings. The van der Waals surface area contributed by atoms with Crippen LogP contribution in [0.1, 0.15) is 44.0 Å². The molecule has 1 saturated heterocycles. The summed E-state index contributed by atoms with van der Waals surface area (Å²) in [5.41, 5.74) is 4.40. The van der Waals surface area contributed by atoms with E-state index in [1.165, 1.54) is 22.2 Å². The molecule has 240 valence electrons. The molecule has 4 N–H and O–H groups in total.